The number of amidine groups is 1. The first-order valence-corrected chi connectivity index (χ1v) is 8.71. The van der Waals surface area contributed by atoms with Gasteiger partial charge in [-0.05, 0) is 12.1 Å². The average Bonchev–Trinajstić information content (AvgIpc) is 2.73. The zero-order valence-electron chi connectivity index (χ0n) is 15.5. The topological polar surface area (TPSA) is 72.4 Å². The van der Waals surface area contributed by atoms with Crippen molar-refractivity contribution in [3.8, 4) is 11.5 Å². The number of morpholine rings is 1. The van der Waals surface area contributed by atoms with E-state index in [1.165, 1.54) is 0 Å². The van der Waals surface area contributed by atoms with Crippen molar-refractivity contribution in [2.24, 2.45) is 4.99 Å². The van der Waals surface area contributed by atoms with Crippen LogP contribution in [0.4, 0.5) is 10.5 Å². The second kappa shape index (κ2) is 9.05. The second-order valence-corrected chi connectivity index (χ2v) is 5.90. The fraction of sp³-hybridized carbons (Fsp3) is 0.300. The van der Waals surface area contributed by atoms with Gasteiger partial charge < -0.3 is 24.4 Å². The third kappa shape index (κ3) is 4.77. The van der Waals surface area contributed by atoms with Gasteiger partial charge in [-0.1, -0.05) is 30.3 Å². The van der Waals surface area contributed by atoms with Crippen molar-refractivity contribution in [1.29, 1.82) is 0 Å². The molecule has 1 aliphatic rings. The summed E-state index contributed by atoms with van der Waals surface area (Å²) in [4.78, 5) is 19.0. The Morgan fingerprint density at radius 3 is 2.48 bits per heavy atom. The molecule has 2 amide bonds. The lowest BCUT2D eigenvalue weighted by Gasteiger charge is -2.29. The Balaban J connectivity index is 1.87. The molecule has 0 spiro atoms. The fourth-order valence-electron chi connectivity index (χ4n) is 2.83. The monoisotopic (exact) mass is 369 g/mol. The van der Waals surface area contributed by atoms with Crippen molar-refractivity contribution in [2.75, 3.05) is 45.8 Å². The fourth-order valence-corrected chi connectivity index (χ4v) is 2.83. The molecular weight excluding hydrogens is 346 g/mol. The molecule has 1 aliphatic heterocycles. The smallest absolute Gasteiger partial charge is 0.347 e. The van der Waals surface area contributed by atoms with E-state index in [0.717, 1.165) is 5.56 Å². The lowest BCUT2D eigenvalue weighted by molar-refractivity contribution is 0.0682. The Hall–Kier alpha value is -3.06. The average molecular weight is 369 g/mol. The molecule has 7 nitrogen and oxygen atoms in total. The maximum atomic E-state index is 12.7. The van der Waals surface area contributed by atoms with Gasteiger partial charge in [0, 0.05) is 24.7 Å². The number of carbonyl (C=O) groups excluding carboxylic acids is 1. The van der Waals surface area contributed by atoms with E-state index in [2.05, 4.69) is 15.2 Å². The van der Waals surface area contributed by atoms with E-state index in [4.69, 9.17) is 14.2 Å². The summed E-state index contributed by atoms with van der Waals surface area (Å²) < 4.78 is 15.9. The highest BCUT2D eigenvalue weighted by Gasteiger charge is 2.19. The number of carbonyl (C=O) groups is 1. The van der Waals surface area contributed by atoms with Crippen molar-refractivity contribution in [3.63, 3.8) is 0 Å². The molecule has 2 aromatic rings. The molecule has 0 radical (unpaired) electrons. The van der Waals surface area contributed by atoms with E-state index in [0.29, 0.717) is 49.3 Å². The van der Waals surface area contributed by atoms with E-state index in [1.54, 1.807) is 32.4 Å². The van der Waals surface area contributed by atoms with Crippen LogP contribution in [0, 0.1) is 0 Å². The Bertz CT molecular complexity index is 802. The second-order valence-electron chi connectivity index (χ2n) is 5.90. The number of urea groups is 1. The first-order chi connectivity index (χ1) is 13.2. The minimum absolute atomic E-state index is 0.480. The Morgan fingerprint density at radius 2 is 1.81 bits per heavy atom. The first-order valence-electron chi connectivity index (χ1n) is 8.71. The minimum atomic E-state index is -0.480. The Labute approximate surface area is 158 Å². The summed E-state index contributed by atoms with van der Waals surface area (Å²) in [5, 5.41) is 2.79. The van der Waals surface area contributed by atoms with Gasteiger partial charge in [0.05, 0.1) is 33.1 Å². The molecule has 7 heteroatoms. The van der Waals surface area contributed by atoms with Gasteiger partial charge in [-0.2, -0.15) is 4.99 Å². The highest BCUT2D eigenvalue weighted by molar-refractivity contribution is 6.07. The zero-order valence-corrected chi connectivity index (χ0v) is 15.5. The predicted molar refractivity (Wildman–Crippen MR) is 104 cm³/mol. The summed E-state index contributed by atoms with van der Waals surface area (Å²) in [5.41, 5.74) is 1.38. The number of ether oxygens (including phenoxy) is 3. The number of benzene rings is 2. The lowest BCUT2D eigenvalue weighted by Crippen LogP contribution is -2.41. The van der Waals surface area contributed by atoms with Crippen LogP contribution in [0.2, 0.25) is 0 Å². The van der Waals surface area contributed by atoms with Crippen LogP contribution in [0.15, 0.2) is 53.5 Å². The quantitative estimate of drug-likeness (QED) is 0.663. The molecular formula is C20H23N3O4. The summed E-state index contributed by atoms with van der Waals surface area (Å²) in [6, 6.07) is 14.4. The maximum absolute atomic E-state index is 12.7. The summed E-state index contributed by atoms with van der Waals surface area (Å²) >= 11 is 0. The molecule has 0 bridgehead atoms. The van der Waals surface area contributed by atoms with E-state index in [9.17, 15) is 4.79 Å². The number of aliphatic imine (C=N–C) groups is 1. The summed E-state index contributed by atoms with van der Waals surface area (Å²) in [6.07, 6.45) is 0. The van der Waals surface area contributed by atoms with E-state index < -0.39 is 6.03 Å². The highest BCUT2D eigenvalue weighted by atomic mass is 16.5. The third-order valence-electron chi connectivity index (χ3n) is 4.20. The molecule has 0 atom stereocenters. The molecule has 0 saturated carbocycles. The highest BCUT2D eigenvalue weighted by Crippen LogP contribution is 2.29. The number of rotatable bonds is 4. The molecule has 142 valence electrons. The van der Waals surface area contributed by atoms with Gasteiger partial charge in [-0.15, -0.1) is 0 Å². The molecule has 1 heterocycles. The zero-order chi connectivity index (χ0) is 19.1. The van der Waals surface area contributed by atoms with Crippen LogP contribution in [-0.4, -0.2) is 57.3 Å². The molecule has 0 aromatic heterocycles. The van der Waals surface area contributed by atoms with Crippen molar-refractivity contribution in [3.05, 3.63) is 54.1 Å². The number of hydrogen-bond donors (Lipinski definition) is 1. The van der Waals surface area contributed by atoms with Gasteiger partial charge in [0.15, 0.2) is 0 Å². The normalized spacial score (nSPS) is 14.6. The molecule has 2 aromatic carbocycles. The first kappa shape index (κ1) is 18.7. The molecule has 0 aliphatic carbocycles. The van der Waals surface area contributed by atoms with Crippen molar-refractivity contribution < 1.29 is 19.0 Å². The van der Waals surface area contributed by atoms with Gasteiger partial charge in [0.1, 0.15) is 17.3 Å². The van der Waals surface area contributed by atoms with E-state index in [-0.39, 0.29) is 0 Å². The summed E-state index contributed by atoms with van der Waals surface area (Å²) in [7, 11) is 3.11. The van der Waals surface area contributed by atoms with Crippen molar-refractivity contribution >= 4 is 17.6 Å². The third-order valence-corrected chi connectivity index (χ3v) is 4.20. The number of nitrogens with zero attached hydrogens (tertiary/aromatic N) is 2. The minimum Gasteiger partial charge on any atom is -0.497 e. The lowest BCUT2D eigenvalue weighted by atomic mass is 10.2. The number of nitrogens with one attached hydrogen (secondary N) is 1. The van der Waals surface area contributed by atoms with E-state index in [1.807, 2.05) is 30.3 Å². The van der Waals surface area contributed by atoms with Gasteiger partial charge >= 0.3 is 6.03 Å². The molecule has 3 rings (SSSR count). The Kier molecular flexibility index (Phi) is 6.27. The standard InChI is InChI=1S/C20H23N3O4/c1-25-16-8-9-18(26-2)17(14-16)21-20(24)22-19(15-6-4-3-5-7-15)23-10-12-27-13-11-23/h3-9,14H,10-13H2,1-2H3,(H,21,24)/b22-19+. The summed E-state index contributed by atoms with van der Waals surface area (Å²) in [5.74, 6) is 1.77. The van der Waals surface area contributed by atoms with Gasteiger partial charge in [-0.3, -0.25) is 0 Å². The van der Waals surface area contributed by atoms with Gasteiger partial charge in [0.25, 0.3) is 0 Å². The Morgan fingerprint density at radius 1 is 1.07 bits per heavy atom. The SMILES string of the molecule is COc1ccc(OC)c(NC(=O)/N=C(\c2ccccc2)N2CCOCC2)c1. The van der Waals surface area contributed by atoms with Crippen LogP contribution < -0.4 is 14.8 Å². The predicted octanol–water partition coefficient (Wildman–Crippen LogP) is 3.01. The van der Waals surface area contributed by atoms with Crippen molar-refractivity contribution in [1.82, 2.24) is 4.90 Å². The van der Waals surface area contributed by atoms with Gasteiger partial charge in [-0.25, -0.2) is 4.79 Å². The number of hydrogen-bond acceptors (Lipinski definition) is 4. The number of methoxy groups -OCH3 is 2. The maximum Gasteiger partial charge on any atom is 0.347 e. The summed E-state index contributed by atoms with van der Waals surface area (Å²) in [6.45, 7) is 2.58. The molecule has 27 heavy (non-hydrogen) atoms. The van der Waals surface area contributed by atoms with Crippen LogP contribution in [0.3, 0.4) is 0 Å². The largest absolute Gasteiger partial charge is 0.497 e. The molecule has 1 fully saturated rings. The van der Waals surface area contributed by atoms with Crippen molar-refractivity contribution in [2.45, 2.75) is 0 Å². The molecule has 0 unspecified atom stereocenters. The van der Waals surface area contributed by atoms with Crippen LogP contribution in [-0.2, 0) is 4.74 Å². The van der Waals surface area contributed by atoms with Gasteiger partial charge in [0.2, 0.25) is 0 Å². The number of amides is 2. The number of anilines is 1. The van der Waals surface area contributed by atoms with Crippen LogP contribution >= 0.6 is 0 Å². The molecule has 1 saturated heterocycles. The molecule has 1 N–H and O–H groups in total. The van der Waals surface area contributed by atoms with Crippen LogP contribution in [0.25, 0.3) is 0 Å². The van der Waals surface area contributed by atoms with Crippen LogP contribution in [0.5, 0.6) is 11.5 Å². The van der Waals surface area contributed by atoms with E-state index >= 15 is 0 Å². The van der Waals surface area contributed by atoms with Crippen LogP contribution in [0.1, 0.15) is 5.56 Å².